The number of carbonyl (C=O) groups excluding carboxylic acids is 1. The van der Waals surface area contributed by atoms with Crippen molar-refractivity contribution in [1.82, 2.24) is 5.43 Å². The Bertz CT molecular complexity index is 823. The van der Waals surface area contributed by atoms with Gasteiger partial charge in [0, 0.05) is 17.7 Å². The predicted molar refractivity (Wildman–Crippen MR) is 87.8 cm³/mol. The maximum absolute atomic E-state index is 11.9. The number of methoxy groups -OCH3 is 1. The number of halogens is 1. The molecule has 8 nitrogen and oxygen atoms in total. The number of non-ortho nitro benzene ring substituents is 1. The Labute approximate surface area is 141 Å². The van der Waals surface area contributed by atoms with Gasteiger partial charge in [0.2, 0.25) is 0 Å². The van der Waals surface area contributed by atoms with Crippen LogP contribution in [0.15, 0.2) is 41.5 Å². The number of carbonyl (C=O) groups is 1. The predicted octanol–water partition coefficient (Wildman–Crippen LogP) is 2.73. The molecule has 0 atom stereocenters. The van der Waals surface area contributed by atoms with Crippen molar-refractivity contribution in [1.29, 1.82) is 0 Å². The molecule has 0 unspecified atom stereocenters. The van der Waals surface area contributed by atoms with Crippen LogP contribution in [0.25, 0.3) is 0 Å². The summed E-state index contributed by atoms with van der Waals surface area (Å²) in [6.07, 6.45) is 1.29. The highest BCUT2D eigenvalue weighted by Crippen LogP contribution is 2.34. The first kappa shape index (κ1) is 17.2. The lowest BCUT2D eigenvalue weighted by molar-refractivity contribution is -0.384. The van der Waals surface area contributed by atoms with Crippen molar-refractivity contribution in [2.75, 3.05) is 7.11 Å². The number of phenolic OH excluding ortho intramolecular Hbond substituents is 1. The standard InChI is InChI=1S/C15H12ClN3O5/c1-24-13-6-9(5-12(16)14(13)20)8-17-18-15(21)10-3-2-4-11(7-10)19(22)23/h2-8,20H,1H3,(H,18,21)/b17-8+. The lowest BCUT2D eigenvalue weighted by Gasteiger charge is -2.06. The van der Waals surface area contributed by atoms with Gasteiger partial charge in [-0.2, -0.15) is 5.10 Å². The molecule has 0 bridgehead atoms. The van der Waals surface area contributed by atoms with E-state index in [1.807, 2.05) is 0 Å². The van der Waals surface area contributed by atoms with Gasteiger partial charge in [-0.05, 0) is 23.8 Å². The van der Waals surface area contributed by atoms with Gasteiger partial charge in [-0.3, -0.25) is 14.9 Å². The molecular weight excluding hydrogens is 338 g/mol. The molecule has 0 aromatic heterocycles. The third-order valence-electron chi connectivity index (χ3n) is 2.97. The van der Waals surface area contributed by atoms with Crippen LogP contribution in [0.3, 0.4) is 0 Å². The zero-order chi connectivity index (χ0) is 17.7. The molecule has 0 saturated heterocycles. The van der Waals surface area contributed by atoms with Crippen LogP contribution in [0, 0.1) is 10.1 Å². The molecule has 2 rings (SSSR count). The maximum atomic E-state index is 11.9. The number of nitro groups is 1. The van der Waals surface area contributed by atoms with Gasteiger partial charge in [-0.25, -0.2) is 5.43 Å². The number of hydrazone groups is 1. The number of nitro benzene ring substituents is 1. The molecule has 0 heterocycles. The number of amides is 1. The van der Waals surface area contributed by atoms with E-state index in [1.54, 1.807) is 0 Å². The quantitative estimate of drug-likeness (QED) is 0.489. The molecule has 0 radical (unpaired) electrons. The lowest BCUT2D eigenvalue weighted by atomic mass is 10.2. The Kier molecular flexibility index (Phi) is 5.33. The zero-order valence-electron chi connectivity index (χ0n) is 12.4. The first-order chi connectivity index (χ1) is 11.4. The number of rotatable bonds is 5. The summed E-state index contributed by atoms with van der Waals surface area (Å²) in [6, 6.07) is 8.17. The molecule has 0 spiro atoms. The number of nitrogens with one attached hydrogen (secondary N) is 1. The van der Waals surface area contributed by atoms with E-state index in [1.165, 1.54) is 43.7 Å². The number of aromatic hydroxyl groups is 1. The summed E-state index contributed by atoms with van der Waals surface area (Å²) < 4.78 is 4.95. The molecular formula is C15H12ClN3O5. The van der Waals surface area contributed by atoms with Crippen LogP contribution in [0.1, 0.15) is 15.9 Å². The molecule has 0 aliphatic rings. The van der Waals surface area contributed by atoms with E-state index in [2.05, 4.69) is 10.5 Å². The van der Waals surface area contributed by atoms with E-state index < -0.39 is 10.8 Å². The Morgan fingerprint density at radius 2 is 2.17 bits per heavy atom. The zero-order valence-corrected chi connectivity index (χ0v) is 13.1. The minimum atomic E-state index is -0.605. The number of hydrogen-bond donors (Lipinski definition) is 2. The van der Waals surface area contributed by atoms with Gasteiger partial charge in [0.05, 0.1) is 23.3 Å². The van der Waals surface area contributed by atoms with Gasteiger partial charge in [-0.1, -0.05) is 17.7 Å². The Balaban J connectivity index is 2.11. The van der Waals surface area contributed by atoms with Crippen LogP contribution in [-0.4, -0.2) is 29.3 Å². The Morgan fingerprint density at radius 1 is 1.42 bits per heavy atom. The summed E-state index contributed by atoms with van der Waals surface area (Å²) in [5.41, 5.74) is 2.63. The van der Waals surface area contributed by atoms with Crippen LogP contribution in [0.2, 0.25) is 5.02 Å². The van der Waals surface area contributed by atoms with Gasteiger partial charge in [0.15, 0.2) is 11.5 Å². The molecule has 9 heteroatoms. The molecule has 0 saturated carbocycles. The largest absolute Gasteiger partial charge is 0.503 e. The average Bonchev–Trinajstić information content (AvgIpc) is 2.57. The van der Waals surface area contributed by atoms with E-state index in [-0.39, 0.29) is 27.8 Å². The summed E-state index contributed by atoms with van der Waals surface area (Å²) >= 11 is 5.84. The highest BCUT2D eigenvalue weighted by atomic mass is 35.5. The highest BCUT2D eigenvalue weighted by molar-refractivity contribution is 6.32. The van der Waals surface area contributed by atoms with Crippen molar-refractivity contribution in [3.8, 4) is 11.5 Å². The first-order valence-corrected chi connectivity index (χ1v) is 6.94. The molecule has 0 fully saturated rings. The summed E-state index contributed by atoms with van der Waals surface area (Å²) in [5, 5.41) is 24.1. The van der Waals surface area contributed by atoms with E-state index >= 15 is 0 Å². The van der Waals surface area contributed by atoms with Crippen molar-refractivity contribution < 1.29 is 19.6 Å². The number of benzene rings is 2. The van der Waals surface area contributed by atoms with E-state index in [4.69, 9.17) is 16.3 Å². The molecule has 0 aliphatic carbocycles. The van der Waals surface area contributed by atoms with Crippen molar-refractivity contribution in [3.05, 3.63) is 62.7 Å². The number of phenols is 1. The second-order valence-corrected chi connectivity index (χ2v) is 4.97. The van der Waals surface area contributed by atoms with Crippen molar-refractivity contribution in [2.24, 2.45) is 5.10 Å². The molecule has 124 valence electrons. The second kappa shape index (κ2) is 7.42. The van der Waals surface area contributed by atoms with Gasteiger partial charge in [-0.15, -0.1) is 0 Å². The topological polar surface area (TPSA) is 114 Å². The lowest BCUT2D eigenvalue weighted by Crippen LogP contribution is -2.17. The highest BCUT2D eigenvalue weighted by Gasteiger charge is 2.11. The van der Waals surface area contributed by atoms with Crippen molar-refractivity contribution in [2.45, 2.75) is 0 Å². The second-order valence-electron chi connectivity index (χ2n) is 4.56. The minimum Gasteiger partial charge on any atom is -0.503 e. The Morgan fingerprint density at radius 3 is 2.83 bits per heavy atom. The fourth-order valence-corrected chi connectivity index (χ4v) is 2.03. The SMILES string of the molecule is COc1cc(/C=N/NC(=O)c2cccc([N+](=O)[O-])c2)cc(Cl)c1O. The molecule has 2 aromatic rings. The van der Waals surface area contributed by atoms with Crippen LogP contribution >= 0.6 is 11.6 Å². The van der Waals surface area contributed by atoms with Crippen molar-refractivity contribution in [3.63, 3.8) is 0 Å². The third kappa shape index (κ3) is 3.99. The molecule has 2 N–H and O–H groups in total. The van der Waals surface area contributed by atoms with Crippen LogP contribution < -0.4 is 10.2 Å². The monoisotopic (exact) mass is 349 g/mol. The van der Waals surface area contributed by atoms with E-state index in [0.717, 1.165) is 6.07 Å². The number of nitrogens with zero attached hydrogens (tertiary/aromatic N) is 2. The summed E-state index contributed by atoms with van der Waals surface area (Å²) in [6.45, 7) is 0. The molecule has 1 amide bonds. The first-order valence-electron chi connectivity index (χ1n) is 6.56. The summed E-state index contributed by atoms with van der Waals surface area (Å²) in [4.78, 5) is 22.0. The van der Waals surface area contributed by atoms with Crippen LogP contribution in [-0.2, 0) is 0 Å². The van der Waals surface area contributed by atoms with E-state index in [9.17, 15) is 20.0 Å². The fourth-order valence-electron chi connectivity index (χ4n) is 1.81. The summed E-state index contributed by atoms with van der Waals surface area (Å²) in [7, 11) is 1.37. The van der Waals surface area contributed by atoms with Gasteiger partial charge in [0.1, 0.15) is 0 Å². The van der Waals surface area contributed by atoms with Crippen LogP contribution in [0.4, 0.5) is 5.69 Å². The fraction of sp³-hybridized carbons (Fsp3) is 0.0667. The van der Waals surface area contributed by atoms with Crippen LogP contribution in [0.5, 0.6) is 11.5 Å². The maximum Gasteiger partial charge on any atom is 0.271 e. The van der Waals surface area contributed by atoms with Crippen molar-refractivity contribution >= 4 is 29.4 Å². The number of hydrogen-bond acceptors (Lipinski definition) is 6. The Hall–Kier alpha value is -3.13. The normalized spacial score (nSPS) is 10.6. The minimum absolute atomic E-state index is 0.0702. The third-order valence-corrected chi connectivity index (χ3v) is 3.26. The smallest absolute Gasteiger partial charge is 0.271 e. The van der Waals surface area contributed by atoms with Gasteiger partial charge >= 0.3 is 0 Å². The average molecular weight is 350 g/mol. The van der Waals surface area contributed by atoms with Gasteiger partial charge < -0.3 is 9.84 Å². The number of ether oxygens (including phenoxy) is 1. The molecule has 0 aliphatic heterocycles. The van der Waals surface area contributed by atoms with Gasteiger partial charge in [0.25, 0.3) is 11.6 Å². The van der Waals surface area contributed by atoms with E-state index in [0.29, 0.717) is 5.56 Å². The summed E-state index contributed by atoms with van der Waals surface area (Å²) in [5.74, 6) is -0.641. The molecule has 24 heavy (non-hydrogen) atoms. The molecule has 2 aromatic carbocycles.